The highest BCUT2D eigenvalue weighted by Crippen LogP contribution is 2.20. The summed E-state index contributed by atoms with van der Waals surface area (Å²) >= 11 is 0. The molecule has 0 saturated heterocycles. The third-order valence-corrected chi connectivity index (χ3v) is 4.01. The molecule has 0 radical (unpaired) electrons. The van der Waals surface area contributed by atoms with E-state index in [0.717, 1.165) is 33.8 Å². The van der Waals surface area contributed by atoms with Crippen molar-refractivity contribution in [2.24, 2.45) is 0 Å². The molecule has 3 rings (SSSR count). The average molecular weight is 351 g/mol. The number of nitrogens with one attached hydrogen (secondary N) is 1. The van der Waals surface area contributed by atoms with Crippen LogP contribution in [0, 0.1) is 20.8 Å². The summed E-state index contributed by atoms with van der Waals surface area (Å²) in [6.45, 7) is 6.28. The van der Waals surface area contributed by atoms with E-state index in [1.807, 2.05) is 57.2 Å². The highest BCUT2D eigenvalue weighted by Gasteiger charge is 2.08. The molecule has 0 atom stereocenters. The fourth-order valence-corrected chi connectivity index (χ4v) is 2.60. The Morgan fingerprint density at radius 1 is 1.12 bits per heavy atom. The number of anilines is 1. The first-order chi connectivity index (χ1) is 12.5. The summed E-state index contributed by atoms with van der Waals surface area (Å²) in [5.74, 6) is 0.726. The minimum absolute atomic E-state index is 0.0927. The van der Waals surface area contributed by atoms with Crippen LogP contribution < -0.4 is 10.1 Å². The zero-order valence-corrected chi connectivity index (χ0v) is 15.1. The molecular formula is C19H21N5O2. The fourth-order valence-electron chi connectivity index (χ4n) is 2.60. The molecule has 1 aromatic heterocycles. The molecule has 0 aliphatic heterocycles. The van der Waals surface area contributed by atoms with Gasteiger partial charge in [0.2, 0.25) is 5.91 Å². The Morgan fingerprint density at radius 3 is 2.69 bits per heavy atom. The molecule has 0 fully saturated rings. The molecule has 26 heavy (non-hydrogen) atoms. The number of nitrogens with zero attached hydrogens (tertiary/aromatic N) is 4. The Bertz CT molecular complexity index is 906. The molecule has 7 nitrogen and oxygen atoms in total. The van der Waals surface area contributed by atoms with Crippen LogP contribution in [-0.2, 0) is 4.79 Å². The van der Waals surface area contributed by atoms with Crippen molar-refractivity contribution in [3.05, 3.63) is 59.4 Å². The summed E-state index contributed by atoms with van der Waals surface area (Å²) in [4.78, 5) is 12.2. The van der Waals surface area contributed by atoms with E-state index in [0.29, 0.717) is 6.61 Å². The van der Waals surface area contributed by atoms with Crippen molar-refractivity contribution in [2.75, 3.05) is 11.9 Å². The fraction of sp³-hybridized carbons (Fsp3) is 0.263. The number of tetrazole rings is 1. The molecule has 1 amide bonds. The summed E-state index contributed by atoms with van der Waals surface area (Å²) in [5, 5.41) is 14.0. The van der Waals surface area contributed by atoms with Gasteiger partial charge in [0.1, 0.15) is 12.1 Å². The number of ether oxygens (including phenoxy) is 1. The summed E-state index contributed by atoms with van der Waals surface area (Å²) < 4.78 is 7.31. The monoisotopic (exact) mass is 351 g/mol. The molecule has 0 aliphatic carbocycles. The van der Waals surface area contributed by atoms with Crippen LogP contribution in [0.1, 0.15) is 23.1 Å². The number of hydrogen-bond donors (Lipinski definition) is 1. The number of hydrogen-bond acceptors (Lipinski definition) is 5. The van der Waals surface area contributed by atoms with E-state index in [4.69, 9.17) is 4.74 Å². The van der Waals surface area contributed by atoms with Crippen molar-refractivity contribution in [2.45, 2.75) is 27.2 Å². The number of carbonyl (C=O) groups excluding carboxylic acids is 1. The third-order valence-electron chi connectivity index (χ3n) is 4.01. The van der Waals surface area contributed by atoms with Gasteiger partial charge in [0.25, 0.3) is 0 Å². The first-order valence-corrected chi connectivity index (χ1v) is 8.37. The molecular weight excluding hydrogens is 330 g/mol. The van der Waals surface area contributed by atoms with Crippen LogP contribution in [0.4, 0.5) is 5.69 Å². The van der Waals surface area contributed by atoms with Crippen LogP contribution in [0.5, 0.6) is 5.75 Å². The number of aryl methyl sites for hydroxylation is 3. The predicted octanol–water partition coefficient (Wildman–Crippen LogP) is 3.00. The summed E-state index contributed by atoms with van der Waals surface area (Å²) in [5.41, 5.74) is 4.75. The topological polar surface area (TPSA) is 81.9 Å². The van der Waals surface area contributed by atoms with E-state index < -0.39 is 0 Å². The van der Waals surface area contributed by atoms with E-state index in [-0.39, 0.29) is 12.3 Å². The minimum atomic E-state index is -0.0927. The summed E-state index contributed by atoms with van der Waals surface area (Å²) in [7, 11) is 0. The lowest BCUT2D eigenvalue weighted by Crippen LogP contribution is -2.15. The third kappa shape index (κ3) is 4.24. The number of benzene rings is 2. The van der Waals surface area contributed by atoms with Gasteiger partial charge in [0.05, 0.1) is 18.7 Å². The molecule has 0 spiro atoms. The molecule has 7 heteroatoms. The zero-order valence-electron chi connectivity index (χ0n) is 15.1. The first-order valence-electron chi connectivity index (χ1n) is 8.37. The largest absolute Gasteiger partial charge is 0.493 e. The van der Waals surface area contributed by atoms with Gasteiger partial charge in [-0.3, -0.25) is 4.79 Å². The molecule has 134 valence electrons. The molecule has 1 heterocycles. The second-order valence-corrected chi connectivity index (χ2v) is 6.17. The quantitative estimate of drug-likeness (QED) is 0.738. The van der Waals surface area contributed by atoms with Crippen LogP contribution in [0.2, 0.25) is 0 Å². The Labute approximate surface area is 152 Å². The van der Waals surface area contributed by atoms with Gasteiger partial charge >= 0.3 is 0 Å². The van der Waals surface area contributed by atoms with E-state index in [1.165, 1.54) is 6.33 Å². The average Bonchev–Trinajstić information content (AvgIpc) is 3.12. The van der Waals surface area contributed by atoms with Crippen molar-refractivity contribution >= 4 is 11.6 Å². The maximum atomic E-state index is 12.2. The Morgan fingerprint density at radius 2 is 1.96 bits per heavy atom. The van der Waals surface area contributed by atoms with Crippen LogP contribution in [0.15, 0.2) is 42.7 Å². The molecule has 0 saturated carbocycles. The van der Waals surface area contributed by atoms with Crippen molar-refractivity contribution in [3.63, 3.8) is 0 Å². The number of rotatable bonds is 6. The molecule has 1 N–H and O–H groups in total. The van der Waals surface area contributed by atoms with E-state index in [9.17, 15) is 4.79 Å². The number of amides is 1. The van der Waals surface area contributed by atoms with Gasteiger partial charge in [0.15, 0.2) is 0 Å². The van der Waals surface area contributed by atoms with Gasteiger partial charge in [-0.2, -0.15) is 0 Å². The van der Waals surface area contributed by atoms with E-state index in [1.54, 1.807) is 4.68 Å². The number of aromatic nitrogens is 4. The van der Waals surface area contributed by atoms with Crippen LogP contribution in [0.25, 0.3) is 5.69 Å². The molecule has 0 unspecified atom stereocenters. The molecule has 2 aromatic carbocycles. The molecule has 0 bridgehead atoms. The SMILES string of the molecule is Cc1ccc(C)c(OCCC(=O)Nc2ccc(-n3cnnn3)c(C)c2)c1. The van der Waals surface area contributed by atoms with Gasteiger partial charge < -0.3 is 10.1 Å². The highest BCUT2D eigenvalue weighted by molar-refractivity contribution is 5.91. The van der Waals surface area contributed by atoms with Gasteiger partial charge in [-0.1, -0.05) is 12.1 Å². The maximum absolute atomic E-state index is 12.2. The minimum Gasteiger partial charge on any atom is -0.493 e. The predicted molar refractivity (Wildman–Crippen MR) is 98.5 cm³/mol. The lowest BCUT2D eigenvalue weighted by molar-refractivity contribution is -0.116. The van der Waals surface area contributed by atoms with Crippen molar-refractivity contribution in [3.8, 4) is 11.4 Å². The zero-order chi connectivity index (χ0) is 18.5. The van der Waals surface area contributed by atoms with Gasteiger partial charge in [-0.15, -0.1) is 5.10 Å². The Balaban J connectivity index is 1.55. The smallest absolute Gasteiger partial charge is 0.227 e. The van der Waals surface area contributed by atoms with Gasteiger partial charge in [-0.05, 0) is 72.2 Å². The lowest BCUT2D eigenvalue weighted by atomic mass is 10.1. The van der Waals surface area contributed by atoms with Crippen molar-refractivity contribution < 1.29 is 9.53 Å². The van der Waals surface area contributed by atoms with Crippen LogP contribution >= 0.6 is 0 Å². The highest BCUT2D eigenvalue weighted by atomic mass is 16.5. The van der Waals surface area contributed by atoms with Gasteiger partial charge in [-0.25, -0.2) is 4.68 Å². The summed E-state index contributed by atoms with van der Waals surface area (Å²) in [6, 6.07) is 11.6. The van der Waals surface area contributed by atoms with Crippen molar-refractivity contribution in [1.29, 1.82) is 0 Å². The number of carbonyl (C=O) groups is 1. The lowest BCUT2D eigenvalue weighted by Gasteiger charge is -2.11. The molecule has 3 aromatic rings. The summed E-state index contributed by atoms with van der Waals surface area (Å²) in [6.07, 6.45) is 1.81. The van der Waals surface area contributed by atoms with Crippen LogP contribution in [-0.4, -0.2) is 32.7 Å². The van der Waals surface area contributed by atoms with Crippen molar-refractivity contribution in [1.82, 2.24) is 20.2 Å². The second kappa shape index (κ2) is 7.77. The Hall–Kier alpha value is -3.22. The first kappa shape index (κ1) is 17.6. The van der Waals surface area contributed by atoms with E-state index >= 15 is 0 Å². The van der Waals surface area contributed by atoms with Crippen LogP contribution in [0.3, 0.4) is 0 Å². The van der Waals surface area contributed by atoms with E-state index in [2.05, 4.69) is 20.8 Å². The van der Waals surface area contributed by atoms with Gasteiger partial charge in [0, 0.05) is 5.69 Å². The second-order valence-electron chi connectivity index (χ2n) is 6.17. The maximum Gasteiger partial charge on any atom is 0.227 e. The normalized spacial score (nSPS) is 10.6. The Kier molecular flexibility index (Phi) is 5.26. The molecule has 0 aliphatic rings. The standard InChI is InChI=1S/C19H21N5O2/c1-13-4-5-14(2)18(10-13)26-9-8-19(25)21-16-6-7-17(15(3)11-16)24-12-20-22-23-24/h4-7,10-12H,8-9H2,1-3H3,(H,21,25).